The number of hydrogen-bond acceptors (Lipinski definition) is 4. The highest BCUT2D eigenvalue weighted by molar-refractivity contribution is 6.29. The van der Waals surface area contributed by atoms with Gasteiger partial charge in [-0.15, -0.1) is 0 Å². The maximum absolute atomic E-state index is 6.00. The second kappa shape index (κ2) is 4.37. The molecular weight excluding hydrogens is 216 g/mol. The molecule has 2 heterocycles. The van der Waals surface area contributed by atoms with Crippen LogP contribution in [-0.4, -0.2) is 26.9 Å². The molecule has 0 N–H and O–H groups in total. The van der Waals surface area contributed by atoms with E-state index in [0.29, 0.717) is 17.6 Å². The molecule has 2 aromatic heterocycles. The minimum Gasteiger partial charge on any atom is -0.378 e. The Kier molecular flexibility index (Phi) is 2.94. The quantitative estimate of drug-likeness (QED) is 0.792. The van der Waals surface area contributed by atoms with Crippen molar-refractivity contribution < 1.29 is 4.74 Å². The molecule has 0 unspecified atom stereocenters. The van der Waals surface area contributed by atoms with Crippen LogP contribution in [0.5, 0.6) is 0 Å². The van der Waals surface area contributed by atoms with Gasteiger partial charge in [-0.05, 0) is 0 Å². The summed E-state index contributed by atoms with van der Waals surface area (Å²) in [5.41, 5.74) is 0.765. The first-order chi connectivity index (χ1) is 7.31. The zero-order valence-electron chi connectivity index (χ0n) is 8.09. The first-order valence-electron chi connectivity index (χ1n) is 4.31. The van der Waals surface area contributed by atoms with Gasteiger partial charge in [-0.2, -0.15) is 5.10 Å². The topological polar surface area (TPSA) is 52.8 Å². The Morgan fingerprint density at radius 3 is 3.07 bits per heavy atom. The molecule has 78 valence electrons. The van der Waals surface area contributed by atoms with Crippen LogP contribution in [0.1, 0.15) is 5.69 Å². The van der Waals surface area contributed by atoms with Gasteiger partial charge in [0, 0.05) is 25.4 Å². The molecule has 2 rings (SSSR count). The van der Waals surface area contributed by atoms with Crippen LogP contribution in [0.25, 0.3) is 5.82 Å². The van der Waals surface area contributed by atoms with E-state index in [1.807, 2.05) is 0 Å². The van der Waals surface area contributed by atoms with Crippen molar-refractivity contribution >= 4 is 11.6 Å². The number of methoxy groups -OCH3 is 1. The van der Waals surface area contributed by atoms with Crippen LogP contribution in [0, 0.1) is 0 Å². The Hall–Kier alpha value is -1.46. The molecule has 15 heavy (non-hydrogen) atoms. The average molecular weight is 225 g/mol. The van der Waals surface area contributed by atoms with Crippen LogP contribution >= 0.6 is 11.6 Å². The third-order valence-electron chi connectivity index (χ3n) is 1.79. The lowest BCUT2D eigenvalue weighted by Crippen LogP contribution is -2.00. The van der Waals surface area contributed by atoms with Crippen molar-refractivity contribution in [3.8, 4) is 5.82 Å². The van der Waals surface area contributed by atoms with Crippen LogP contribution < -0.4 is 0 Å². The molecule has 2 aromatic rings. The molecule has 6 heteroatoms. The normalized spacial score (nSPS) is 10.5. The van der Waals surface area contributed by atoms with Crippen molar-refractivity contribution in [1.82, 2.24) is 19.7 Å². The summed E-state index contributed by atoms with van der Waals surface area (Å²) in [7, 11) is 1.61. The van der Waals surface area contributed by atoms with Gasteiger partial charge < -0.3 is 4.74 Å². The summed E-state index contributed by atoms with van der Waals surface area (Å²) in [5, 5.41) is 4.74. The number of rotatable bonds is 3. The molecule has 0 saturated heterocycles. The summed E-state index contributed by atoms with van der Waals surface area (Å²) in [6, 6.07) is 3.47. The Balaban J connectivity index is 2.36. The van der Waals surface area contributed by atoms with E-state index in [9.17, 15) is 0 Å². The van der Waals surface area contributed by atoms with E-state index in [0.717, 1.165) is 5.69 Å². The predicted octanol–water partition coefficient (Wildman–Crippen LogP) is 1.46. The van der Waals surface area contributed by atoms with Crippen LogP contribution in [0.15, 0.2) is 24.7 Å². The summed E-state index contributed by atoms with van der Waals surface area (Å²) in [4.78, 5) is 7.87. The Bertz CT molecular complexity index is 443. The van der Waals surface area contributed by atoms with Crippen molar-refractivity contribution in [2.75, 3.05) is 7.11 Å². The highest BCUT2D eigenvalue weighted by atomic mass is 35.5. The molecule has 0 amide bonds. The van der Waals surface area contributed by atoms with Crippen molar-refractivity contribution in [2.24, 2.45) is 0 Å². The molecule has 0 aliphatic heterocycles. The molecule has 0 saturated carbocycles. The van der Waals surface area contributed by atoms with Crippen LogP contribution in [0.4, 0.5) is 0 Å². The van der Waals surface area contributed by atoms with Gasteiger partial charge in [-0.25, -0.2) is 14.6 Å². The molecule has 0 aliphatic carbocycles. The molecule has 0 fully saturated rings. The Morgan fingerprint density at radius 1 is 1.53 bits per heavy atom. The van der Waals surface area contributed by atoms with Crippen molar-refractivity contribution in [1.29, 1.82) is 0 Å². The fourth-order valence-electron chi connectivity index (χ4n) is 1.19. The largest absolute Gasteiger partial charge is 0.378 e. The van der Waals surface area contributed by atoms with E-state index in [1.54, 1.807) is 25.4 Å². The van der Waals surface area contributed by atoms with E-state index >= 15 is 0 Å². The molecule has 0 aliphatic rings. The first kappa shape index (κ1) is 10.1. The van der Waals surface area contributed by atoms with E-state index in [4.69, 9.17) is 16.3 Å². The van der Waals surface area contributed by atoms with Gasteiger partial charge in [0.1, 0.15) is 11.5 Å². The van der Waals surface area contributed by atoms with Gasteiger partial charge >= 0.3 is 0 Å². The number of halogens is 1. The van der Waals surface area contributed by atoms with E-state index in [1.165, 1.54) is 11.0 Å². The number of aromatic nitrogens is 4. The Labute approximate surface area is 91.7 Å². The van der Waals surface area contributed by atoms with Gasteiger partial charge in [0.05, 0.1) is 12.3 Å². The monoisotopic (exact) mass is 224 g/mol. The zero-order chi connectivity index (χ0) is 10.7. The van der Waals surface area contributed by atoms with Gasteiger partial charge in [0.2, 0.25) is 0 Å². The highest BCUT2D eigenvalue weighted by Gasteiger charge is 2.07. The van der Waals surface area contributed by atoms with Gasteiger partial charge in [-0.1, -0.05) is 11.6 Å². The summed E-state index contributed by atoms with van der Waals surface area (Å²) >= 11 is 6.00. The SMILES string of the molecule is COCc1cc(Cl)n(-c2ccncn2)n1. The Morgan fingerprint density at radius 2 is 2.40 bits per heavy atom. The fraction of sp³-hybridized carbons (Fsp3) is 0.222. The summed E-state index contributed by atoms with van der Waals surface area (Å²) in [6.07, 6.45) is 3.08. The first-order valence-corrected chi connectivity index (χ1v) is 4.69. The number of ether oxygens (including phenoxy) is 1. The van der Waals surface area contributed by atoms with Crippen LogP contribution in [-0.2, 0) is 11.3 Å². The predicted molar refractivity (Wildman–Crippen MR) is 54.9 cm³/mol. The summed E-state index contributed by atoms with van der Waals surface area (Å²) < 4.78 is 6.50. The smallest absolute Gasteiger partial charge is 0.158 e. The molecule has 0 radical (unpaired) electrons. The maximum atomic E-state index is 6.00. The number of nitrogens with zero attached hydrogens (tertiary/aromatic N) is 4. The summed E-state index contributed by atoms with van der Waals surface area (Å²) in [6.45, 7) is 0.428. The van der Waals surface area contributed by atoms with Crippen molar-refractivity contribution in [2.45, 2.75) is 6.61 Å². The van der Waals surface area contributed by atoms with Gasteiger partial charge in [0.15, 0.2) is 5.82 Å². The molecule has 5 nitrogen and oxygen atoms in total. The van der Waals surface area contributed by atoms with E-state index in [2.05, 4.69) is 15.1 Å². The standard InChI is InChI=1S/C9H9ClN4O/c1-15-5-7-4-8(10)14(13-7)9-2-3-11-6-12-9/h2-4,6H,5H2,1H3. The zero-order valence-corrected chi connectivity index (χ0v) is 8.85. The fourth-order valence-corrected chi connectivity index (χ4v) is 1.44. The second-order valence-electron chi connectivity index (χ2n) is 2.87. The third kappa shape index (κ3) is 2.14. The minimum absolute atomic E-state index is 0.428. The number of hydrogen-bond donors (Lipinski definition) is 0. The lowest BCUT2D eigenvalue weighted by Gasteiger charge is -1.99. The third-order valence-corrected chi connectivity index (χ3v) is 2.06. The minimum atomic E-state index is 0.428. The van der Waals surface area contributed by atoms with E-state index < -0.39 is 0 Å². The molecule has 0 bridgehead atoms. The lowest BCUT2D eigenvalue weighted by atomic mass is 10.5. The lowest BCUT2D eigenvalue weighted by molar-refractivity contribution is 0.181. The van der Waals surface area contributed by atoms with E-state index in [-0.39, 0.29) is 0 Å². The molecule has 0 spiro atoms. The molecule has 0 aromatic carbocycles. The van der Waals surface area contributed by atoms with Crippen LogP contribution in [0.3, 0.4) is 0 Å². The highest BCUT2D eigenvalue weighted by Crippen LogP contribution is 2.15. The average Bonchev–Trinajstić information content (AvgIpc) is 2.61. The second-order valence-corrected chi connectivity index (χ2v) is 3.26. The van der Waals surface area contributed by atoms with Crippen molar-refractivity contribution in [3.63, 3.8) is 0 Å². The van der Waals surface area contributed by atoms with Crippen LogP contribution in [0.2, 0.25) is 5.15 Å². The van der Waals surface area contributed by atoms with Gasteiger partial charge in [0.25, 0.3) is 0 Å². The summed E-state index contributed by atoms with van der Waals surface area (Å²) in [5.74, 6) is 0.636. The molecule has 0 atom stereocenters. The maximum Gasteiger partial charge on any atom is 0.158 e. The molecular formula is C9H9ClN4O. The van der Waals surface area contributed by atoms with Crippen molar-refractivity contribution in [3.05, 3.63) is 35.5 Å². The van der Waals surface area contributed by atoms with Gasteiger partial charge in [-0.3, -0.25) is 0 Å².